The van der Waals surface area contributed by atoms with E-state index in [0.717, 1.165) is 24.7 Å². The fourth-order valence-corrected chi connectivity index (χ4v) is 2.34. The normalized spacial score (nSPS) is 11.0. The van der Waals surface area contributed by atoms with Gasteiger partial charge in [0.15, 0.2) is 5.96 Å². The maximum Gasteiger partial charge on any atom is 0.191 e. The van der Waals surface area contributed by atoms with Gasteiger partial charge in [0.2, 0.25) is 0 Å². The molecule has 0 aliphatic rings. The van der Waals surface area contributed by atoms with E-state index in [1.165, 1.54) is 16.8 Å². The van der Waals surface area contributed by atoms with E-state index in [0.29, 0.717) is 6.54 Å². The fourth-order valence-electron chi connectivity index (χ4n) is 2.34. The monoisotopic (exact) mass is 427 g/mol. The molecule has 0 bridgehead atoms. The van der Waals surface area contributed by atoms with Crippen molar-refractivity contribution >= 4 is 29.9 Å². The number of aromatic nitrogens is 2. The molecule has 23 heavy (non-hydrogen) atoms. The second kappa shape index (κ2) is 9.54. The Kier molecular flexibility index (Phi) is 8.08. The third-order valence-electron chi connectivity index (χ3n) is 3.70. The first kappa shape index (κ1) is 19.5. The fraction of sp³-hybridized carbons (Fsp3) is 0.412. The molecular weight excluding hydrogens is 401 g/mol. The van der Waals surface area contributed by atoms with E-state index < -0.39 is 0 Å². The van der Waals surface area contributed by atoms with Crippen LogP contribution in [0.5, 0.6) is 0 Å². The molecule has 1 heterocycles. The number of aryl methyl sites for hydroxylation is 2. The van der Waals surface area contributed by atoms with Crippen molar-refractivity contribution in [2.24, 2.45) is 12.0 Å². The lowest BCUT2D eigenvalue weighted by Gasteiger charge is -2.11. The van der Waals surface area contributed by atoms with E-state index in [1.807, 2.05) is 36.9 Å². The van der Waals surface area contributed by atoms with Gasteiger partial charge in [0.05, 0.1) is 12.2 Å². The Morgan fingerprint density at radius 1 is 1.17 bits per heavy atom. The molecule has 2 aromatic rings. The molecule has 0 saturated carbocycles. The number of hydrogen-bond acceptors (Lipinski definition) is 2. The van der Waals surface area contributed by atoms with Crippen molar-refractivity contribution in [2.45, 2.75) is 33.9 Å². The Balaban J connectivity index is 0.00000264. The van der Waals surface area contributed by atoms with Crippen LogP contribution in [-0.2, 0) is 20.1 Å². The van der Waals surface area contributed by atoms with E-state index >= 15 is 0 Å². The van der Waals surface area contributed by atoms with Crippen molar-refractivity contribution in [3.63, 3.8) is 0 Å². The van der Waals surface area contributed by atoms with Gasteiger partial charge in [-0.1, -0.05) is 30.3 Å². The van der Waals surface area contributed by atoms with Crippen LogP contribution in [0.2, 0.25) is 0 Å². The minimum absolute atomic E-state index is 0. The van der Waals surface area contributed by atoms with Gasteiger partial charge in [0.1, 0.15) is 0 Å². The molecule has 0 aliphatic heterocycles. The molecule has 1 aromatic heterocycles. The first-order valence-electron chi connectivity index (χ1n) is 7.67. The van der Waals surface area contributed by atoms with Gasteiger partial charge in [0.25, 0.3) is 0 Å². The Labute approximate surface area is 155 Å². The van der Waals surface area contributed by atoms with E-state index in [-0.39, 0.29) is 24.0 Å². The van der Waals surface area contributed by atoms with Gasteiger partial charge >= 0.3 is 0 Å². The molecule has 0 saturated heterocycles. The maximum absolute atomic E-state index is 4.63. The van der Waals surface area contributed by atoms with Gasteiger partial charge in [-0.05, 0) is 26.3 Å². The molecule has 2 rings (SSSR count). The first-order chi connectivity index (χ1) is 10.6. The summed E-state index contributed by atoms with van der Waals surface area (Å²) < 4.78 is 1.92. The van der Waals surface area contributed by atoms with Crippen LogP contribution in [0.1, 0.15) is 29.4 Å². The Morgan fingerprint density at radius 2 is 1.87 bits per heavy atom. The van der Waals surface area contributed by atoms with Crippen molar-refractivity contribution in [3.05, 3.63) is 52.8 Å². The van der Waals surface area contributed by atoms with Crippen LogP contribution in [0.3, 0.4) is 0 Å². The van der Waals surface area contributed by atoms with Crippen molar-refractivity contribution in [3.8, 4) is 0 Å². The number of hydrogen-bond donors (Lipinski definition) is 2. The molecule has 6 heteroatoms. The SMILES string of the molecule is CCNC(=NCc1ccccc1)NCc1c(C)nn(C)c1C.I. The molecule has 126 valence electrons. The number of nitrogens with one attached hydrogen (secondary N) is 2. The number of aliphatic imine (C=N–C) groups is 1. The second-order valence-corrected chi connectivity index (χ2v) is 5.31. The van der Waals surface area contributed by atoms with Crippen LogP contribution in [-0.4, -0.2) is 22.3 Å². The first-order valence-corrected chi connectivity index (χ1v) is 7.67. The molecule has 2 N–H and O–H groups in total. The molecule has 1 aromatic carbocycles. The Bertz CT molecular complexity index is 634. The molecule has 0 fully saturated rings. The summed E-state index contributed by atoms with van der Waals surface area (Å²) >= 11 is 0. The van der Waals surface area contributed by atoms with Gasteiger partial charge in [-0.2, -0.15) is 5.10 Å². The average Bonchev–Trinajstić information content (AvgIpc) is 2.76. The summed E-state index contributed by atoms with van der Waals surface area (Å²) in [6.07, 6.45) is 0. The summed E-state index contributed by atoms with van der Waals surface area (Å²) in [7, 11) is 1.97. The largest absolute Gasteiger partial charge is 0.357 e. The quantitative estimate of drug-likeness (QED) is 0.439. The lowest BCUT2D eigenvalue weighted by Crippen LogP contribution is -2.37. The number of benzene rings is 1. The zero-order valence-electron chi connectivity index (χ0n) is 14.3. The highest BCUT2D eigenvalue weighted by molar-refractivity contribution is 14.0. The molecule has 0 spiro atoms. The summed E-state index contributed by atoms with van der Waals surface area (Å²) in [5.41, 5.74) is 4.68. The minimum atomic E-state index is 0. The average molecular weight is 427 g/mol. The lowest BCUT2D eigenvalue weighted by atomic mass is 10.2. The number of rotatable bonds is 5. The van der Waals surface area contributed by atoms with Crippen LogP contribution in [0.4, 0.5) is 0 Å². The third kappa shape index (κ3) is 5.53. The topological polar surface area (TPSA) is 54.2 Å². The molecular formula is C17H26IN5. The van der Waals surface area contributed by atoms with E-state index in [4.69, 9.17) is 0 Å². The van der Waals surface area contributed by atoms with Crippen molar-refractivity contribution in [1.82, 2.24) is 20.4 Å². The zero-order chi connectivity index (χ0) is 15.9. The van der Waals surface area contributed by atoms with Gasteiger partial charge in [-0.25, -0.2) is 4.99 Å². The molecule has 0 amide bonds. The van der Waals surface area contributed by atoms with E-state index in [9.17, 15) is 0 Å². The summed E-state index contributed by atoms with van der Waals surface area (Å²) in [5.74, 6) is 0.828. The summed E-state index contributed by atoms with van der Waals surface area (Å²) in [5, 5.41) is 11.1. The zero-order valence-corrected chi connectivity index (χ0v) is 16.6. The van der Waals surface area contributed by atoms with Gasteiger partial charge in [0, 0.05) is 31.4 Å². The predicted octanol–water partition coefficient (Wildman–Crippen LogP) is 2.91. The highest BCUT2D eigenvalue weighted by atomic mass is 127. The minimum Gasteiger partial charge on any atom is -0.357 e. The standard InChI is InChI=1S/C17H25N5.HI/c1-5-18-17(19-11-15-9-7-6-8-10-15)20-12-16-13(2)21-22(4)14(16)3;/h6-10H,5,11-12H2,1-4H3,(H2,18,19,20);1H. The van der Waals surface area contributed by atoms with Crippen molar-refractivity contribution < 1.29 is 0 Å². The van der Waals surface area contributed by atoms with Crippen molar-refractivity contribution in [1.29, 1.82) is 0 Å². The Morgan fingerprint density at radius 3 is 2.43 bits per heavy atom. The maximum atomic E-state index is 4.63. The van der Waals surface area contributed by atoms with E-state index in [1.54, 1.807) is 0 Å². The summed E-state index contributed by atoms with van der Waals surface area (Å²) in [6.45, 7) is 8.43. The smallest absolute Gasteiger partial charge is 0.191 e. The van der Waals surface area contributed by atoms with Crippen LogP contribution in [0.25, 0.3) is 0 Å². The van der Waals surface area contributed by atoms with Gasteiger partial charge in [-0.15, -0.1) is 24.0 Å². The Hall–Kier alpha value is -1.57. The van der Waals surface area contributed by atoms with Gasteiger partial charge < -0.3 is 10.6 Å². The second-order valence-electron chi connectivity index (χ2n) is 5.31. The number of nitrogens with zero attached hydrogens (tertiary/aromatic N) is 3. The van der Waals surface area contributed by atoms with Crippen LogP contribution in [0.15, 0.2) is 35.3 Å². The van der Waals surface area contributed by atoms with Gasteiger partial charge in [-0.3, -0.25) is 4.68 Å². The molecule has 0 aliphatic carbocycles. The molecule has 0 atom stereocenters. The van der Waals surface area contributed by atoms with Crippen LogP contribution < -0.4 is 10.6 Å². The number of halogens is 1. The molecule has 5 nitrogen and oxygen atoms in total. The summed E-state index contributed by atoms with van der Waals surface area (Å²) in [6, 6.07) is 10.3. The van der Waals surface area contributed by atoms with Crippen LogP contribution >= 0.6 is 24.0 Å². The molecule has 0 unspecified atom stereocenters. The van der Waals surface area contributed by atoms with Crippen LogP contribution in [0, 0.1) is 13.8 Å². The highest BCUT2D eigenvalue weighted by Gasteiger charge is 2.09. The summed E-state index contributed by atoms with van der Waals surface area (Å²) in [4.78, 5) is 4.63. The lowest BCUT2D eigenvalue weighted by molar-refractivity contribution is 0.728. The predicted molar refractivity (Wildman–Crippen MR) is 106 cm³/mol. The van der Waals surface area contributed by atoms with E-state index in [2.05, 4.69) is 46.7 Å². The van der Waals surface area contributed by atoms with Crippen molar-refractivity contribution in [2.75, 3.05) is 6.54 Å². The number of guanidine groups is 1. The highest BCUT2D eigenvalue weighted by Crippen LogP contribution is 2.11. The third-order valence-corrected chi connectivity index (χ3v) is 3.70. The molecule has 0 radical (unpaired) electrons.